The summed E-state index contributed by atoms with van der Waals surface area (Å²) in [7, 11) is 1.42. The molecular formula is C16H18FN3O2. The highest BCUT2D eigenvalue weighted by Gasteiger charge is 2.23. The minimum absolute atomic E-state index is 0.151. The highest BCUT2D eigenvalue weighted by molar-refractivity contribution is 5.78. The molecule has 0 unspecified atom stereocenters. The number of nitrogens with zero attached hydrogens (tertiary/aromatic N) is 3. The summed E-state index contributed by atoms with van der Waals surface area (Å²) in [6, 6.07) is 4.50. The van der Waals surface area contributed by atoms with Crippen molar-refractivity contribution in [2.24, 2.45) is 5.92 Å². The zero-order chi connectivity index (χ0) is 15.5. The Labute approximate surface area is 128 Å². The Balaban J connectivity index is 1.68. The Morgan fingerprint density at radius 3 is 2.91 bits per heavy atom. The highest BCUT2D eigenvalue weighted by atomic mass is 19.1. The molecule has 1 aliphatic heterocycles. The molecule has 22 heavy (non-hydrogen) atoms. The molecule has 116 valence electrons. The number of esters is 1. The van der Waals surface area contributed by atoms with E-state index in [0.29, 0.717) is 23.7 Å². The topological polar surface area (TPSA) is 55.3 Å². The van der Waals surface area contributed by atoms with E-state index in [9.17, 15) is 9.18 Å². The van der Waals surface area contributed by atoms with Crippen molar-refractivity contribution >= 4 is 22.8 Å². The molecule has 6 heteroatoms. The van der Waals surface area contributed by atoms with Gasteiger partial charge in [-0.2, -0.15) is 0 Å². The molecule has 0 saturated carbocycles. The molecule has 1 aliphatic rings. The Bertz CT molecular complexity index is 684. The molecular weight excluding hydrogens is 285 g/mol. The number of hydrogen-bond acceptors (Lipinski definition) is 5. The number of methoxy groups -OCH3 is 1. The molecule has 2 aromatic rings. The standard InChI is InChI=1S/C16H18FN3O2/c1-22-15(21)8-11-4-6-20(7-5-11)16-18-10-12-9-13(17)2-3-14(12)19-16/h2-3,9-11H,4-8H2,1H3. The molecule has 1 aromatic heterocycles. The Hall–Kier alpha value is -2.24. The second-order valence-electron chi connectivity index (χ2n) is 5.58. The van der Waals surface area contributed by atoms with Gasteiger partial charge in [-0.05, 0) is 37.0 Å². The van der Waals surface area contributed by atoms with Crippen molar-refractivity contribution in [3.63, 3.8) is 0 Å². The predicted molar refractivity (Wildman–Crippen MR) is 81.1 cm³/mol. The fourth-order valence-electron chi connectivity index (χ4n) is 2.80. The second-order valence-corrected chi connectivity index (χ2v) is 5.58. The quantitative estimate of drug-likeness (QED) is 0.816. The first-order chi connectivity index (χ1) is 10.7. The van der Waals surface area contributed by atoms with Crippen LogP contribution in [0, 0.1) is 11.7 Å². The molecule has 1 fully saturated rings. The minimum Gasteiger partial charge on any atom is -0.469 e. The van der Waals surface area contributed by atoms with E-state index in [2.05, 4.69) is 14.9 Å². The van der Waals surface area contributed by atoms with Gasteiger partial charge in [-0.25, -0.2) is 14.4 Å². The monoisotopic (exact) mass is 303 g/mol. The van der Waals surface area contributed by atoms with Gasteiger partial charge in [0, 0.05) is 31.1 Å². The van der Waals surface area contributed by atoms with Crippen molar-refractivity contribution in [3.8, 4) is 0 Å². The largest absolute Gasteiger partial charge is 0.469 e. The van der Waals surface area contributed by atoms with Crippen molar-refractivity contribution in [2.45, 2.75) is 19.3 Å². The number of aromatic nitrogens is 2. The molecule has 3 rings (SSSR count). The van der Waals surface area contributed by atoms with Crippen LogP contribution < -0.4 is 4.90 Å². The van der Waals surface area contributed by atoms with Crippen molar-refractivity contribution in [1.82, 2.24) is 9.97 Å². The van der Waals surface area contributed by atoms with Gasteiger partial charge in [-0.15, -0.1) is 0 Å². The maximum Gasteiger partial charge on any atom is 0.305 e. The van der Waals surface area contributed by atoms with Crippen LogP contribution in [-0.2, 0) is 9.53 Å². The van der Waals surface area contributed by atoms with Gasteiger partial charge < -0.3 is 9.64 Å². The van der Waals surface area contributed by atoms with E-state index < -0.39 is 0 Å². The molecule has 0 radical (unpaired) electrons. The maximum absolute atomic E-state index is 13.2. The van der Waals surface area contributed by atoms with Crippen molar-refractivity contribution in [1.29, 1.82) is 0 Å². The SMILES string of the molecule is COC(=O)CC1CCN(c2ncc3cc(F)ccc3n2)CC1. The molecule has 0 amide bonds. The second kappa shape index (κ2) is 6.25. The lowest BCUT2D eigenvalue weighted by Crippen LogP contribution is -2.35. The van der Waals surface area contributed by atoms with Crippen LogP contribution in [0.15, 0.2) is 24.4 Å². The van der Waals surface area contributed by atoms with Gasteiger partial charge in [0.1, 0.15) is 5.82 Å². The van der Waals surface area contributed by atoms with Crippen molar-refractivity contribution in [2.75, 3.05) is 25.1 Å². The van der Waals surface area contributed by atoms with Crippen LogP contribution in [0.25, 0.3) is 10.9 Å². The average Bonchev–Trinajstić information content (AvgIpc) is 2.55. The van der Waals surface area contributed by atoms with Crippen LogP contribution in [0.1, 0.15) is 19.3 Å². The predicted octanol–water partition coefficient (Wildman–Crippen LogP) is 2.55. The van der Waals surface area contributed by atoms with Crippen LogP contribution >= 0.6 is 0 Å². The number of benzene rings is 1. The molecule has 0 aliphatic carbocycles. The summed E-state index contributed by atoms with van der Waals surface area (Å²) in [6.45, 7) is 1.63. The lowest BCUT2D eigenvalue weighted by Gasteiger charge is -2.31. The number of ether oxygens (including phenoxy) is 1. The first kappa shape index (κ1) is 14.7. The molecule has 1 aromatic carbocycles. The van der Waals surface area contributed by atoms with E-state index in [0.717, 1.165) is 31.4 Å². The first-order valence-electron chi connectivity index (χ1n) is 7.40. The molecule has 5 nitrogen and oxygen atoms in total. The summed E-state index contributed by atoms with van der Waals surface area (Å²) in [5.74, 6) is 0.587. The van der Waals surface area contributed by atoms with Crippen LogP contribution in [-0.4, -0.2) is 36.1 Å². The number of rotatable bonds is 3. The number of piperidine rings is 1. The summed E-state index contributed by atoms with van der Waals surface area (Å²) in [4.78, 5) is 22.3. The molecule has 2 heterocycles. The van der Waals surface area contributed by atoms with Gasteiger partial charge in [0.15, 0.2) is 0 Å². The van der Waals surface area contributed by atoms with E-state index in [-0.39, 0.29) is 11.8 Å². The van der Waals surface area contributed by atoms with Gasteiger partial charge in [0.2, 0.25) is 5.95 Å². The first-order valence-corrected chi connectivity index (χ1v) is 7.40. The van der Waals surface area contributed by atoms with E-state index in [1.54, 1.807) is 12.3 Å². The summed E-state index contributed by atoms with van der Waals surface area (Å²) in [5.41, 5.74) is 0.739. The number of halogens is 1. The number of carbonyl (C=O) groups is 1. The summed E-state index contributed by atoms with van der Waals surface area (Å²) < 4.78 is 17.9. The summed E-state index contributed by atoms with van der Waals surface area (Å²) in [5, 5.41) is 0.698. The smallest absolute Gasteiger partial charge is 0.305 e. The molecule has 0 bridgehead atoms. The number of anilines is 1. The third-order valence-electron chi connectivity index (χ3n) is 4.11. The van der Waals surface area contributed by atoms with Crippen molar-refractivity contribution < 1.29 is 13.9 Å². The normalized spacial score (nSPS) is 16.0. The van der Waals surface area contributed by atoms with Crippen LogP contribution in [0.2, 0.25) is 0 Å². The number of fused-ring (bicyclic) bond motifs is 1. The third-order valence-corrected chi connectivity index (χ3v) is 4.11. The van der Waals surface area contributed by atoms with Gasteiger partial charge in [0.25, 0.3) is 0 Å². The summed E-state index contributed by atoms with van der Waals surface area (Å²) in [6.07, 6.45) is 3.96. The average molecular weight is 303 g/mol. The van der Waals surface area contributed by atoms with E-state index >= 15 is 0 Å². The van der Waals surface area contributed by atoms with Crippen LogP contribution in [0.4, 0.5) is 10.3 Å². The zero-order valence-corrected chi connectivity index (χ0v) is 12.5. The van der Waals surface area contributed by atoms with E-state index in [1.165, 1.54) is 19.2 Å². The van der Waals surface area contributed by atoms with Gasteiger partial charge in [-0.1, -0.05) is 0 Å². The Kier molecular flexibility index (Phi) is 4.18. The molecule has 0 atom stereocenters. The molecule has 0 N–H and O–H groups in total. The van der Waals surface area contributed by atoms with Crippen LogP contribution in [0.3, 0.4) is 0 Å². The Morgan fingerprint density at radius 2 is 2.18 bits per heavy atom. The van der Waals surface area contributed by atoms with Crippen molar-refractivity contribution in [3.05, 3.63) is 30.2 Å². The van der Waals surface area contributed by atoms with Gasteiger partial charge >= 0.3 is 5.97 Å². The molecule has 1 saturated heterocycles. The van der Waals surface area contributed by atoms with Gasteiger partial charge in [-0.3, -0.25) is 4.79 Å². The fraction of sp³-hybridized carbons (Fsp3) is 0.438. The zero-order valence-electron chi connectivity index (χ0n) is 12.5. The molecule has 0 spiro atoms. The van der Waals surface area contributed by atoms with Gasteiger partial charge in [0.05, 0.1) is 12.6 Å². The van der Waals surface area contributed by atoms with Crippen LogP contribution in [0.5, 0.6) is 0 Å². The lowest BCUT2D eigenvalue weighted by atomic mass is 9.94. The maximum atomic E-state index is 13.2. The third kappa shape index (κ3) is 3.16. The number of hydrogen-bond donors (Lipinski definition) is 0. The fourth-order valence-corrected chi connectivity index (χ4v) is 2.80. The number of carbonyl (C=O) groups excluding carboxylic acids is 1. The van der Waals surface area contributed by atoms with E-state index in [4.69, 9.17) is 4.74 Å². The van der Waals surface area contributed by atoms with E-state index in [1.807, 2.05) is 0 Å². The summed E-state index contributed by atoms with van der Waals surface area (Å²) >= 11 is 0. The minimum atomic E-state index is -0.285. The highest BCUT2D eigenvalue weighted by Crippen LogP contribution is 2.24. The Morgan fingerprint density at radius 1 is 1.41 bits per heavy atom. The lowest BCUT2D eigenvalue weighted by molar-refractivity contribution is -0.141.